The van der Waals surface area contributed by atoms with Gasteiger partial charge in [-0.25, -0.2) is 9.59 Å². The lowest BCUT2D eigenvalue weighted by Crippen LogP contribution is -2.19. The Hall–Kier alpha value is -3.74. The molecule has 192 valence electrons. The number of nitrogens with two attached hydrogens (primary N) is 2. The average molecular weight is 493 g/mol. The second-order valence-corrected chi connectivity index (χ2v) is 9.17. The van der Waals surface area contributed by atoms with E-state index in [0.29, 0.717) is 23.7 Å². The second-order valence-electron chi connectivity index (χ2n) is 9.17. The van der Waals surface area contributed by atoms with Gasteiger partial charge in [0.15, 0.2) is 0 Å². The molecule has 0 atom stereocenters. The predicted octanol–water partition coefficient (Wildman–Crippen LogP) is 5.42. The summed E-state index contributed by atoms with van der Waals surface area (Å²) in [6, 6.07) is 12.2. The molecule has 2 aromatic carbocycles. The molecule has 0 radical (unpaired) electrons. The van der Waals surface area contributed by atoms with Gasteiger partial charge >= 0.3 is 11.9 Å². The molecule has 7 nitrogen and oxygen atoms in total. The summed E-state index contributed by atoms with van der Waals surface area (Å²) in [5.41, 5.74) is 13.3. The molecular weight excluding hydrogens is 456 g/mol. The highest BCUT2D eigenvalue weighted by atomic mass is 16.5. The van der Waals surface area contributed by atoms with Crippen LogP contribution in [0.4, 0.5) is 11.4 Å². The maximum absolute atomic E-state index is 12.0. The zero-order valence-corrected chi connectivity index (χ0v) is 20.7. The minimum absolute atomic E-state index is 0.113. The predicted molar refractivity (Wildman–Crippen MR) is 142 cm³/mol. The first-order valence-corrected chi connectivity index (χ1v) is 12.4. The van der Waals surface area contributed by atoms with Gasteiger partial charge < -0.3 is 25.7 Å². The lowest BCUT2D eigenvalue weighted by molar-refractivity contribution is -0.137. The number of esters is 2. The summed E-state index contributed by atoms with van der Waals surface area (Å²) in [4.78, 5) is 24.0. The van der Waals surface area contributed by atoms with Crippen molar-refractivity contribution in [1.29, 1.82) is 0 Å². The van der Waals surface area contributed by atoms with Gasteiger partial charge in [-0.3, -0.25) is 0 Å². The topological polar surface area (TPSA) is 114 Å². The van der Waals surface area contributed by atoms with Crippen molar-refractivity contribution in [1.82, 2.24) is 0 Å². The molecule has 0 spiro atoms. The van der Waals surface area contributed by atoms with Crippen LogP contribution >= 0.6 is 0 Å². The van der Waals surface area contributed by atoms with Crippen LogP contribution in [0, 0.1) is 11.8 Å². The second kappa shape index (κ2) is 14.0. The number of hydrogen-bond acceptors (Lipinski definition) is 7. The number of rotatable bonds is 12. The number of ether oxygens (including phenoxy) is 3. The summed E-state index contributed by atoms with van der Waals surface area (Å²) in [6.45, 7) is 4.83. The molecule has 0 heterocycles. The SMILES string of the molecule is C=CCC1CCC(COc2ccc(C=CC(=O)OCCCOC(=O)c3cc(N)cc(N)c3)cc2)CC1. The van der Waals surface area contributed by atoms with E-state index in [1.54, 1.807) is 12.1 Å². The third-order valence-electron chi connectivity index (χ3n) is 6.22. The van der Waals surface area contributed by atoms with Gasteiger partial charge in [0.1, 0.15) is 5.75 Å². The van der Waals surface area contributed by atoms with Crippen molar-refractivity contribution >= 4 is 29.4 Å². The molecule has 36 heavy (non-hydrogen) atoms. The Bertz CT molecular complexity index is 1020. The minimum Gasteiger partial charge on any atom is -0.493 e. The van der Waals surface area contributed by atoms with E-state index in [-0.39, 0.29) is 18.8 Å². The summed E-state index contributed by atoms with van der Waals surface area (Å²) >= 11 is 0. The van der Waals surface area contributed by atoms with Crippen molar-refractivity contribution in [3.05, 3.63) is 72.3 Å². The van der Waals surface area contributed by atoms with Crippen molar-refractivity contribution in [2.24, 2.45) is 11.8 Å². The number of benzene rings is 2. The third-order valence-corrected chi connectivity index (χ3v) is 6.22. The van der Waals surface area contributed by atoms with E-state index < -0.39 is 11.9 Å². The van der Waals surface area contributed by atoms with Crippen LogP contribution in [0.25, 0.3) is 6.08 Å². The molecular formula is C29H36N2O5. The van der Waals surface area contributed by atoms with Crippen molar-refractivity contribution in [2.75, 3.05) is 31.3 Å². The van der Waals surface area contributed by atoms with Crippen LogP contribution in [0.1, 0.15) is 54.4 Å². The molecule has 1 aliphatic rings. The summed E-state index contributed by atoms with van der Waals surface area (Å²) in [6.07, 6.45) is 11.5. The van der Waals surface area contributed by atoms with Gasteiger partial charge in [-0.05, 0) is 85.9 Å². The van der Waals surface area contributed by atoms with Crippen LogP contribution in [0.3, 0.4) is 0 Å². The number of carbonyl (C=O) groups excluding carboxylic acids is 2. The molecule has 0 bridgehead atoms. The molecule has 0 unspecified atom stereocenters. The fourth-order valence-electron chi connectivity index (χ4n) is 4.25. The number of hydrogen-bond donors (Lipinski definition) is 2. The van der Waals surface area contributed by atoms with Crippen LogP contribution in [0.15, 0.2) is 61.2 Å². The van der Waals surface area contributed by atoms with E-state index in [1.165, 1.54) is 43.9 Å². The molecule has 0 aromatic heterocycles. The third kappa shape index (κ3) is 9.13. The maximum atomic E-state index is 12.0. The van der Waals surface area contributed by atoms with E-state index in [9.17, 15) is 9.59 Å². The van der Waals surface area contributed by atoms with Crippen molar-refractivity contribution in [2.45, 2.75) is 38.5 Å². The zero-order valence-electron chi connectivity index (χ0n) is 20.7. The first kappa shape index (κ1) is 26.9. The highest BCUT2D eigenvalue weighted by Crippen LogP contribution is 2.31. The Morgan fingerprint density at radius 2 is 1.56 bits per heavy atom. The van der Waals surface area contributed by atoms with E-state index in [4.69, 9.17) is 25.7 Å². The summed E-state index contributed by atoms with van der Waals surface area (Å²) in [7, 11) is 0. The van der Waals surface area contributed by atoms with Gasteiger partial charge in [0.25, 0.3) is 0 Å². The number of nitrogen functional groups attached to an aromatic ring is 2. The molecule has 7 heteroatoms. The molecule has 0 amide bonds. The van der Waals surface area contributed by atoms with Gasteiger partial charge in [-0.2, -0.15) is 0 Å². The molecule has 0 aliphatic heterocycles. The highest BCUT2D eigenvalue weighted by Gasteiger charge is 2.20. The molecule has 1 aliphatic carbocycles. The summed E-state index contributed by atoms with van der Waals surface area (Å²) < 4.78 is 16.3. The van der Waals surface area contributed by atoms with Gasteiger partial charge in [0, 0.05) is 23.9 Å². The van der Waals surface area contributed by atoms with Gasteiger partial charge in [-0.15, -0.1) is 6.58 Å². The maximum Gasteiger partial charge on any atom is 0.338 e. The molecule has 2 aromatic rings. The average Bonchev–Trinajstić information content (AvgIpc) is 2.87. The van der Waals surface area contributed by atoms with E-state index in [2.05, 4.69) is 6.58 Å². The van der Waals surface area contributed by atoms with Gasteiger partial charge in [0.05, 0.1) is 25.4 Å². The van der Waals surface area contributed by atoms with Gasteiger partial charge in [0.2, 0.25) is 0 Å². The molecule has 4 N–H and O–H groups in total. The lowest BCUT2D eigenvalue weighted by Gasteiger charge is -2.27. The Morgan fingerprint density at radius 1 is 0.917 bits per heavy atom. The van der Waals surface area contributed by atoms with E-state index >= 15 is 0 Å². The molecule has 0 saturated heterocycles. The van der Waals surface area contributed by atoms with Crippen molar-refractivity contribution in [3.63, 3.8) is 0 Å². The van der Waals surface area contributed by atoms with Crippen molar-refractivity contribution in [3.8, 4) is 5.75 Å². The van der Waals surface area contributed by atoms with Crippen LogP contribution in [-0.2, 0) is 14.3 Å². The number of carbonyl (C=O) groups is 2. The smallest absolute Gasteiger partial charge is 0.338 e. The molecule has 1 fully saturated rings. The number of anilines is 2. The van der Waals surface area contributed by atoms with E-state index in [1.807, 2.05) is 30.3 Å². The van der Waals surface area contributed by atoms with Crippen molar-refractivity contribution < 1.29 is 23.8 Å². The minimum atomic E-state index is -0.524. The van der Waals surface area contributed by atoms with Crippen LogP contribution in [0.5, 0.6) is 5.75 Å². The van der Waals surface area contributed by atoms with Crippen LogP contribution in [-0.4, -0.2) is 31.8 Å². The van der Waals surface area contributed by atoms with Crippen LogP contribution < -0.4 is 16.2 Å². The van der Waals surface area contributed by atoms with Gasteiger partial charge in [-0.1, -0.05) is 18.2 Å². The Morgan fingerprint density at radius 3 is 2.22 bits per heavy atom. The first-order chi connectivity index (χ1) is 17.4. The largest absolute Gasteiger partial charge is 0.493 e. The first-order valence-electron chi connectivity index (χ1n) is 12.4. The Labute approximate surface area is 213 Å². The quantitative estimate of drug-likeness (QED) is 0.134. The fraction of sp³-hybridized carbons (Fsp3) is 0.379. The Kier molecular flexibility index (Phi) is 10.4. The highest BCUT2D eigenvalue weighted by molar-refractivity contribution is 5.91. The standard InChI is InChI=1S/C29H36N2O5/c1-2-4-21-5-7-23(8-6-21)20-36-27-12-9-22(10-13-27)11-14-28(32)34-15-3-16-35-29(33)24-17-25(30)19-26(31)18-24/h2,9-14,17-19,21,23H,1,3-8,15-16,20,30-31H2. The summed E-state index contributed by atoms with van der Waals surface area (Å²) in [5.74, 6) is 1.24. The lowest BCUT2D eigenvalue weighted by atomic mass is 9.81. The van der Waals surface area contributed by atoms with Crippen LogP contribution in [0.2, 0.25) is 0 Å². The zero-order chi connectivity index (χ0) is 25.8. The Balaban J connectivity index is 1.30. The normalized spacial score (nSPS) is 17.4. The molecule has 3 rings (SSSR count). The monoisotopic (exact) mass is 492 g/mol. The summed E-state index contributed by atoms with van der Waals surface area (Å²) in [5, 5.41) is 0. The fourth-order valence-corrected chi connectivity index (χ4v) is 4.25. The number of allylic oxidation sites excluding steroid dienone is 1. The van der Waals surface area contributed by atoms with E-state index in [0.717, 1.165) is 30.3 Å². The molecule has 1 saturated carbocycles.